The largest absolute Gasteiger partial charge is 0.397 e. The highest BCUT2D eigenvalue weighted by Crippen LogP contribution is 2.39. The lowest BCUT2D eigenvalue weighted by molar-refractivity contribution is 0.503. The van der Waals surface area contributed by atoms with Crippen LogP contribution in [0.4, 0.5) is 22.7 Å². The molecule has 21 heavy (non-hydrogen) atoms. The third-order valence-corrected chi connectivity index (χ3v) is 3.78. The lowest BCUT2D eigenvalue weighted by atomic mass is 9.79. The fraction of sp³-hybridized carbons (Fsp3) is 0.200. The first-order chi connectivity index (χ1) is 9.91. The topological polar surface area (TPSA) is 156 Å². The lowest BCUT2D eigenvalue weighted by Gasteiger charge is -2.33. The van der Waals surface area contributed by atoms with Gasteiger partial charge in [-0.2, -0.15) is 0 Å². The molecule has 6 heteroatoms. The quantitative estimate of drug-likeness (QED) is 0.451. The molecule has 0 unspecified atom stereocenters. The van der Waals surface area contributed by atoms with E-state index in [2.05, 4.69) is 0 Å². The number of anilines is 4. The van der Waals surface area contributed by atoms with E-state index in [1.165, 1.54) is 0 Å². The molecule has 0 aliphatic heterocycles. The molecule has 0 aliphatic rings. The van der Waals surface area contributed by atoms with Crippen molar-refractivity contribution in [1.29, 1.82) is 0 Å². The molecule has 0 amide bonds. The average molecular weight is 286 g/mol. The van der Waals surface area contributed by atoms with Crippen LogP contribution in [0.15, 0.2) is 36.4 Å². The van der Waals surface area contributed by atoms with Crippen LogP contribution in [0.5, 0.6) is 0 Å². The highest BCUT2D eigenvalue weighted by Gasteiger charge is 2.33. The molecule has 0 saturated carbocycles. The highest BCUT2D eigenvalue weighted by atomic mass is 14.8. The van der Waals surface area contributed by atoms with Crippen molar-refractivity contribution in [2.24, 2.45) is 11.5 Å². The van der Waals surface area contributed by atoms with E-state index in [9.17, 15) is 0 Å². The summed E-state index contributed by atoms with van der Waals surface area (Å²) in [5, 5.41) is 0. The zero-order valence-corrected chi connectivity index (χ0v) is 11.8. The third-order valence-electron chi connectivity index (χ3n) is 3.78. The van der Waals surface area contributed by atoms with Gasteiger partial charge in [-0.25, -0.2) is 0 Å². The summed E-state index contributed by atoms with van der Waals surface area (Å²) in [6.45, 7) is 0.374. The van der Waals surface area contributed by atoms with Crippen LogP contribution in [0.3, 0.4) is 0 Å². The Hall–Kier alpha value is -2.44. The van der Waals surface area contributed by atoms with E-state index >= 15 is 0 Å². The Balaban J connectivity index is 2.71. The summed E-state index contributed by atoms with van der Waals surface area (Å²) in [5.41, 5.74) is 38.7. The average Bonchev–Trinajstić information content (AvgIpc) is 2.45. The molecule has 0 spiro atoms. The van der Waals surface area contributed by atoms with Gasteiger partial charge in [0.15, 0.2) is 0 Å². The van der Waals surface area contributed by atoms with Crippen molar-refractivity contribution in [3.05, 3.63) is 47.5 Å². The number of nitrogens with two attached hydrogens (primary N) is 6. The van der Waals surface area contributed by atoms with Crippen molar-refractivity contribution < 1.29 is 0 Å². The first-order valence-corrected chi connectivity index (χ1v) is 6.69. The standard InChI is InChI=1S/C15H22N6/c16-8-7-15(21,9-3-1-5-11(17)13(9)19)10-4-2-6-12(18)14(10)20/h1-6H,7-8,16-21H2. The lowest BCUT2D eigenvalue weighted by Crippen LogP contribution is -2.41. The molecule has 0 saturated heterocycles. The predicted octanol–water partition coefficient (Wildman–Crippen LogP) is 0.567. The molecule has 0 aromatic heterocycles. The molecule has 0 bridgehead atoms. The van der Waals surface area contributed by atoms with E-state index in [-0.39, 0.29) is 0 Å². The predicted molar refractivity (Wildman–Crippen MR) is 89.2 cm³/mol. The Morgan fingerprint density at radius 3 is 1.57 bits per heavy atom. The van der Waals surface area contributed by atoms with Gasteiger partial charge in [0.2, 0.25) is 0 Å². The third kappa shape index (κ3) is 2.46. The van der Waals surface area contributed by atoms with Gasteiger partial charge in [0, 0.05) is 11.1 Å². The first kappa shape index (κ1) is 15.0. The Morgan fingerprint density at radius 2 is 1.19 bits per heavy atom. The summed E-state index contributed by atoms with van der Waals surface area (Å²) >= 11 is 0. The Kier molecular flexibility index (Phi) is 3.93. The molecule has 0 atom stereocenters. The molecular weight excluding hydrogens is 264 g/mol. The van der Waals surface area contributed by atoms with Crippen LogP contribution < -0.4 is 34.4 Å². The summed E-state index contributed by atoms with van der Waals surface area (Å²) < 4.78 is 0. The van der Waals surface area contributed by atoms with Gasteiger partial charge in [-0.05, 0) is 25.1 Å². The molecule has 2 aromatic rings. The summed E-state index contributed by atoms with van der Waals surface area (Å²) in [6, 6.07) is 10.7. The van der Waals surface area contributed by atoms with Crippen LogP contribution in [-0.4, -0.2) is 6.54 Å². The fourth-order valence-electron chi connectivity index (χ4n) is 2.59. The van der Waals surface area contributed by atoms with Crippen molar-refractivity contribution in [1.82, 2.24) is 0 Å². The molecule has 2 aromatic carbocycles. The molecule has 0 heterocycles. The van der Waals surface area contributed by atoms with Crippen LogP contribution in [0.2, 0.25) is 0 Å². The fourth-order valence-corrected chi connectivity index (χ4v) is 2.59. The van der Waals surface area contributed by atoms with Crippen molar-refractivity contribution >= 4 is 22.7 Å². The second kappa shape index (κ2) is 5.51. The number of hydrogen-bond donors (Lipinski definition) is 6. The second-order valence-corrected chi connectivity index (χ2v) is 5.13. The normalized spacial score (nSPS) is 11.5. The molecule has 6 nitrogen and oxygen atoms in total. The van der Waals surface area contributed by atoms with Crippen molar-refractivity contribution in [3.8, 4) is 0 Å². The zero-order chi connectivity index (χ0) is 15.6. The molecule has 0 radical (unpaired) electrons. The number of nitrogen functional groups attached to an aromatic ring is 4. The second-order valence-electron chi connectivity index (χ2n) is 5.13. The van der Waals surface area contributed by atoms with E-state index in [1.807, 2.05) is 24.3 Å². The minimum Gasteiger partial charge on any atom is -0.397 e. The molecule has 0 fully saturated rings. The number of rotatable bonds is 4. The maximum absolute atomic E-state index is 6.64. The summed E-state index contributed by atoms with van der Waals surface area (Å²) in [7, 11) is 0. The summed E-state index contributed by atoms with van der Waals surface area (Å²) in [4.78, 5) is 0. The SMILES string of the molecule is NCCC(N)(c1cccc(N)c1N)c1cccc(N)c1N. The monoisotopic (exact) mass is 286 g/mol. The molecule has 2 rings (SSSR count). The Bertz CT molecular complexity index is 601. The minimum absolute atomic E-state index is 0.374. The number of para-hydroxylation sites is 2. The van der Waals surface area contributed by atoms with E-state index in [0.717, 1.165) is 0 Å². The first-order valence-electron chi connectivity index (χ1n) is 6.69. The van der Waals surface area contributed by atoms with Gasteiger partial charge in [0.1, 0.15) is 0 Å². The summed E-state index contributed by atoms with van der Waals surface area (Å²) in [5.74, 6) is 0. The maximum atomic E-state index is 6.64. The van der Waals surface area contributed by atoms with Crippen LogP contribution in [-0.2, 0) is 5.54 Å². The van der Waals surface area contributed by atoms with Crippen molar-refractivity contribution in [3.63, 3.8) is 0 Å². The van der Waals surface area contributed by atoms with Gasteiger partial charge in [-0.15, -0.1) is 0 Å². The van der Waals surface area contributed by atoms with E-state index in [1.54, 1.807) is 12.1 Å². The van der Waals surface area contributed by atoms with Gasteiger partial charge in [-0.3, -0.25) is 0 Å². The number of benzene rings is 2. The van der Waals surface area contributed by atoms with Crippen molar-refractivity contribution in [2.45, 2.75) is 12.0 Å². The van der Waals surface area contributed by atoms with Gasteiger partial charge in [0.25, 0.3) is 0 Å². The van der Waals surface area contributed by atoms with Gasteiger partial charge in [-0.1, -0.05) is 24.3 Å². The Morgan fingerprint density at radius 1 is 0.762 bits per heavy atom. The Labute approximate surface area is 124 Å². The molecule has 12 N–H and O–H groups in total. The zero-order valence-electron chi connectivity index (χ0n) is 11.8. The summed E-state index contributed by atoms with van der Waals surface area (Å²) in [6.07, 6.45) is 0.467. The van der Waals surface area contributed by atoms with Gasteiger partial charge < -0.3 is 34.4 Å². The number of hydrogen-bond acceptors (Lipinski definition) is 6. The van der Waals surface area contributed by atoms with Crippen molar-refractivity contribution in [2.75, 3.05) is 29.5 Å². The molecule has 112 valence electrons. The maximum Gasteiger partial charge on any atom is 0.0719 e. The van der Waals surface area contributed by atoms with Crippen LogP contribution in [0.25, 0.3) is 0 Å². The highest BCUT2D eigenvalue weighted by molar-refractivity contribution is 5.75. The van der Waals surface area contributed by atoms with Gasteiger partial charge >= 0.3 is 0 Å². The minimum atomic E-state index is -0.937. The molecule has 0 aliphatic carbocycles. The molecular formula is C15H22N6. The van der Waals surface area contributed by atoms with Crippen LogP contribution >= 0.6 is 0 Å². The van der Waals surface area contributed by atoms with E-state index < -0.39 is 5.54 Å². The smallest absolute Gasteiger partial charge is 0.0719 e. The van der Waals surface area contributed by atoms with Crippen LogP contribution in [0, 0.1) is 0 Å². The van der Waals surface area contributed by atoms with E-state index in [4.69, 9.17) is 34.4 Å². The van der Waals surface area contributed by atoms with Gasteiger partial charge in [0.05, 0.1) is 28.3 Å². The van der Waals surface area contributed by atoms with Crippen LogP contribution in [0.1, 0.15) is 17.5 Å². The van der Waals surface area contributed by atoms with E-state index in [0.29, 0.717) is 46.8 Å².